The molecule has 0 saturated carbocycles. The van der Waals surface area contributed by atoms with E-state index in [0.717, 1.165) is 18.9 Å². The van der Waals surface area contributed by atoms with Crippen LogP contribution in [0.25, 0.3) is 0 Å². The maximum atomic E-state index is 12.2. The van der Waals surface area contributed by atoms with Crippen molar-refractivity contribution >= 4 is 5.91 Å². The van der Waals surface area contributed by atoms with Crippen LogP contribution in [0.2, 0.25) is 0 Å². The summed E-state index contributed by atoms with van der Waals surface area (Å²) in [7, 11) is 0. The second kappa shape index (κ2) is 15.7. The highest BCUT2D eigenvalue weighted by Gasteiger charge is 2.37. The minimum absolute atomic E-state index is 0.0132. The molecule has 38 heavy (non-hydrogen) atoms. The van der Waals surface area contributed by atoms with Gasteiger partial charge in [0.2, 0.25) is 0 Å². The molecule has 0 heterocycles. The highest BCUT2D eigenvalue weighted by Crippen LogP contribution is 2.38. The molecule has 0 aliphatic heterocycles. The van der Waals surface area contributed by atoms with Crippen LogP contribution in [0.1, 0.15) is 105 Å². The van der Waals surface area contributed by atoms with Crippen molar-refractivity contribution in [3.05, 3.63) is 23.8 Å². The van der Waals surface area contributed by atoms with Crippen molar-refractivity contribution in [3.8, 4) is 11.5 Å². The van der Waals surface area contributed by atoms with Gasteiger partial charge in [-0.2, -0.15) is 0 Å². The minimum Gasteiger partial charge on any atom is -0.504 e. The minimum atomic E-state index is -0.908. The first-order chi connectivity index (χ1) is 17.3. The summed E-state index contributed by atoms with van der Waals surface area (Å²) in [5, 5.41) is 51.2. The predicted octanol–water partition coefficient (Wildman–Crippen LogP) is 5.00. The first-order valence-corrected chi connectivity index (χ1v) is 13.8. The molecule has 6 N–H and O–H groups in total. The van der Waals surface area contributed by atoms with Crippen LogP contribution >= 0.6 is 0 Å². The molecule has 0 aromatic heterocycles. The van der Waals surface area contributed by atoms with Gasteiger partial charge in [-0.3, -0.25) is 4.79 Å². The number of hydrogen-bond acceptors (Lipinski definition) is 7. The maximum absolute atomic E-state index is 12.2. The lowest BCUT2D eigenvalue weighted by Gasteiger charge is -2.40. The molecule has 0 aliphatic rings. The number of phenolic OH excluding ortho intramolecular Hbond substituents is 2. The van der Waals surface area contributed by atoms with Crippen LogP contribution < -0.4 is 5.32 Å². The van der Waals surface area contributed by atoms with E-state index in [1.165, 1.54) is 12.1 Å². The molecule has 8 heteroatoms. The lowest BCUT2D eigenvalue weighted by atomic mass is 9.72. The number of benzene rings is 1. The van der Waals surface area contributed by atoms with Crippen LogP contribution in [-0.2, 0) is 4.74 Å². The van der Waals surface area contributed by atoms with Gasteiger partial charge in [0.05, 0.1) is 31.0 Å². The van der Waals surface area contributed by atoms with Gasteiger partial charge in [0.15, 0.2) is 11.5 Å². The first kappa shape index (κ1) is 36.1. The number of aliphatic hydroxyl groups is 3. The summed E-state index contributed by atoms with van der Waals surface area (Å²) in [5.41, 5.74) is -0.192. The van der Waals surface area contributed by atoms with Crippen molar-refractivity contribution in [2.24, 2.45) is 16.2 Å². The van der Waals surface area contributed by atoms with Gasteiger partial charge in [0.25, 0.3) is 5.91 Å². The molecule has 8 nitrogen and oxygen atoms in total. The molecule has 0 spiro atoms. The molecule has 1 aromatic carbocycles. The maximum Gasteiger partial charge on any atom is 0.251 e. The third-order valence-corrected chi connectivity index (χ3v) is 8.05. The fraction of sp³-hybridized carbons (Fsp3) is 0.767. The normalized spacial score (nSPS) is 15.6. The number of nitrogens with one attached hydrogen (secondary N) is 1. The van der Waals surface area contributed by atoms with Gasteiger partial charge in [-0.15, -0.1) is 0 Å². The second-order valence-electron chi connectivity index (χ2n) is 12.4. The predicted molar refractivity (Wildman–Crippen MR) is 152 cm³/mol. The quantitative estimate of drug-likeness (QED) is 0.182. The fourth-order valence-electron chi connectivity index (χ4n) is 3.51. The van der Waals surface area contributed by atoms with Crippen molar-refractivity contribution < 1.29 is 35.1 Å². The Labute approximate surface area is 230 Å². The number of phenols is 2. The molecular weight excluding hydrogens is 486 g/mol. The molecule has 0 aliphatic carbocycles. The van der Waals surface area contributed by atoms with E-state index in [1.54, 1.807) is 0 Å². The van der Waals surface area contributed by atoms with Crippen LogP contribution in [0.5, 0.6) is 11.5 Å². The van der Waals surface area contributed by atoms with Gasteiger partial charge in [-0.1, -0.05) is 62.3 Å². The number of aromatic hydroxyl groups is 2. The molecule has 222 valence electrons. The van der Waals surface area contributed by atoms with Crippen LogP contribution in [0.4, 0.5) is 0 Å². The van der Waals surface area contributed by atoms with Crippen LogP contribution in [-0.4, -0.2) is 69.0 Å². The van der Waals surface area contributed by atoms with Crippen LogP contribution in [0.3, 0.4) is 0 Å². The topological polar surface area (TPSA) is 139 Å². The zero-order chi connectivity index (χ0) is 29.9. The third-order valence-electron chi connectivity index (χ3n) is 8.05. The van der Waals surface area contributed by atoms with E-state index in [1.807, 2.05) is 27.7 Å². The third kappa shape index (κ3) is 11.9. The van der Waals surface area contributed by atoms with E-state index in [9.17, 15) is 25.2 Å². The van der Waals surface area contributed by atoms with Gasteiger partial charge >= 0.3 is 0 Å². The van der Waals surface area contributed by atoms with Crippen LogP contribution in [0.15, 0.2) is 18.2 Å². The molecule has 0 saturated heterocycles. The molecular formula is C30H55NO7. The first-order valence-electron chi connectivity index (χ1n) is 13.8. The zero-order valence-corrected chi connectivity index (χ0v) is 25.3. The summed E-state index contributed by atoms with van der Waals surface area (Å²) >= 11 is 0. The summed E-state index contributed by atoms with van der Waals surface area (Å²) in [6.45, 7) is 20.4. The molecule has 0 radical (unpaired) electrons. The average molecular weight is 542 g/mol. The monoisotopic (exact) mass is 541 g/mol. The molecule has 1 amide bonds. The molecule has 4 atom stereocenters. The van der Waals surface area contributed by atoms with Gasteiger partial charge in [0, 0.05) is 12.1 Å². The molecule has 1 aromatic rings. The molecule has 0 fully saturated rings. The van der Waals surface area contributed by atoms with E-state index in [-0.39, 0.29) is 58.7 Å². The number of ether oxygens (including phenoxy) is 1. The Hall–Kier alpha value is -1.87. The standard InChI is InChI=1S/C23H39NO6.C7H16O/c1-7-19(28)23(5,6)12-20(22(3,4)8-2)30-14-16(25)13-24-21(29)15-9-10-17(26)18(27)11-15;1-5-7(3,4)6(2)8/h9-11,16,19-20,25-28H,7-8,12-14H2,1-6H3,(H,24,29);6,8H,5H2,1-4H3. The molecule has 4 unspecified atom stereocenters. The summed E-state index contributed by atoms with van der Waals surface area (Å²) in [6, 6.07) is 3.77. The van der Waals surface area contributed by atoms with Gasteiger partial charge in [-0.25, -0.2) is 0 Å². The largest absolute Gasteiger partial charge is 0.504 e. The summed E-state index contributed by atoms with van der Waals surface area (Å²) < 4.78 is 6.08. The average Bonchev–Trinajstić information content (AvgIpc) is 2.86. The van der Waals surface area contributed by atoms with E-state index in [0.29, 0.717) is 12.8 Å². The highest BCUT2D eigenvalue weighted by molar-refractivity contribution is 5.94. The number of hydrogen-bond donors (Lipinski definition) is 6. The number of carbonyl (C=O) groups is 1. The van der Waals surface area contributed by atoms with Gasteiger partial charge in [-0.05, 0) is 67.1 Å². The van der Waals surface area contributed by atoms with E-state index >= 15 is 0 Å². The Morgan fingerprint density at radius 1 is 0.895 bits per heavy atom. The van der Waals surface area contributed by atoms with Crippen molar-refractivity contribution in [1.82, 2.24) is 5.32 Å². The SMILES string of the molecule is CCC(C)(C)C(C)O.CCC(O)C(C)(C)CC(OCC(O)CNC(=O)c1ccc(O)c(O)c1)C(C)(C)CC. The summed E-state index contributed by atoms with van der Waals surface area (Å²) in [5.74, 6) is -1.16. The molecule has 1 rings (SSSR count). The second-order valence-corrected chi connectivity index (χ2v) is 12.4. The van der Waals surface area contributed by atoms with E-state index < -0.39 is 18.1 Å². The lowest BCUT2D eigenvalue weighted by molar-refractivity contribution is -0.0941. The van der Waals surface area contributed by atoms with E-state index in [2.05, 4.69) is 46.9 Å². The molecule has 0 bridgehead atoms. The number of aliphatic hydroxyl groups excluding tert-OH is 3. The van der Waals surface area contributed by atoms with E-state index in [4.69, 9.17) is 9.84 Å². The highest BCUT2D eigenvalue weighted by atomic mass is 16.5. The van der Waals surface area contributed by atoms with Crippen molar-refractivity contribution in [2.75, 3.05) is 13.2 Å². The Morgan fingerprint density at radius 3 is 1.87 bits per heavy atom. The van der Waals surface area contributed by atoms with Crippen molar-refractivity contribution in [1.29, 1.82) is 0 Å². The van der Waals surface area contributed by atoms with Gasteiger partial charge in [0.1, 0.15) is 0 Å². The van der Waals surface area contributed by atoms with Crippen molar-refractivity contribution in [3.63, 3.8) is 0 Å². The zero-order valence-electron chi connectivity index (χ0n) is 25.3. The summed E-state index contributed by atoms with van der Waals surface area (Å²) in [6.07, 6.45) is 1.52. The Kier molecular flexibility index (Phi) is 14.9. The number of rotatable bonds is 14. The fourth-order valence-corrected chi connectivity index (χ4v) is 3.51. The Bertz CT molecular complexity index is 836. The number of amides is 1. The van der Waals surface area contributed by atoms with Crippen molar-refractivity contribution in [2.45, 2.75) is 119 Å². The Morgan fingerprint density at radius 2 is 1.45 bits per heavy atom. The number of carbonyl (C=O) groups excluding carboxylic acids is 1. The smallest absolute Gasteiger partial charge is 0.251 e. The summed E-state index contributed by atoms with van der Waals surface area (Å²) in [4.78, 5) is 12.2. The lowest BCUT2D eigenvalue weighted by Crippen LogP contribution is -2.42. The Balaban J connectivity index is 0.00000147. The van der Waals surface area contributed by atoms with Crippen LogP contribution in [0, 0.1) is 16.2 Å². The van der Waals surface area contributed by atoms with Gasteiger partial charge < -0.3 is 35.6 Å².